The van der Waals surface area contributed by atoms with Crippen molar-refractivity contribution >= 4 is 28.5 Å². The topological polar surface area (TPSA) is 65.8 Å². The van der Waals surface area contributed by atoms with Crippen LogP contribution in [0.1, 0.15) is 47.7 Å². The number of carbonyl (C=O) groups excluding carboxylic acids is 1. The number of thioether (sulfide) groups is 1. The standard InChI is InChI=1S/C23H26N4OS/c1-14-4-8-17(9-5-14)20-12-19(26-27-23-25-21(28)13-29-23)16(3)22(24-20)18-10-6-15(2)7-11-18/h4-11,16,20,22,24H,12-13H2,1-3H3,(H,25,27,28)/b26-19+. The van der Waals surface area contributed by atoms with Crippen molar-refractivity contribution in [3.8, 4) is 0 Å². The number of hydrogen-bond acceptors (Lipinski definition) is 5. The first kappa shape index (κ1) is 19.9. The van der Waals surface area contributed by atoms with E-state index in [1.807, 2.05) is 0 Å². The van der Waals surface area contributed by atoms with Gasteiger partial charge in [0, 0.05) is 30.1 Å². The third kappa shape index (κ3) is 4.60. The van der Waals surface area contributed by atoms with Crippen LogP contribution in [0, 0.1) is 19.8 Å². The lowest BCUT2D eigenvalue weighted by Gasteiger charge is -2.37. The van der Waals surface area contributed by atoms with Crippen LogP contribution < -0.4 is 10.6 Å². The summed E-state index contributed by atoms with van der Waals surface area (Å²) in [4.78, 5) is 11.4. The van der Waals surface area contributed by atoms with E-state index in [9.17, 15) is 4.79 Å². The van der Waals surface area contributed by atoms with Gasteiger partial charge in [-0.3, -0.25) is 4.79 Å². The minimum atomic E-state index is -0.0117. The fraction of sp³-hybridized carbons (Fsp3) is 0.348. The Balaban J connectivity index is 1.66. The number of aryl methyl sites for hydroxylation is 2. The van der Waals surface area contributed by atoms with Crippen LogP contribution in [0.4, 0.5) is 0 Å². The van der Waals surface area contributed by atoms with Gasteiger partial charge in [-0.2, -0.15) is 5.10 Å². The molecule has 2 aromatic rings. The molecule has 2 aliphatic heterocycles. The number of piperidine rings is 1. The molecule has 0 spiro atoms. The minimum absolute atomic E-state index is 0.0117. The van der Waals surface area contributed by atoms with E-state index >= 15 is 0 Å². The maximum atomic E-state index is 11.4. The Hall–Kier alpha value is -2.44. The molecule has 3 atom stereocenters. The Morgan fingerprint density at radius 2 is 1.55 bits per heavy atom. The van der Waals surface area contributed by atoms with E-state index in [0.717, 1.165) is 12.1 Å². The van der Waals surface area contributed by atoms with Gasteiger partial charge in [-0.1, -0.05) is 78.3 Å². The molecule has 0 saturated carbocycles. The van der Waals surface area contributed by atoms with Crippen molar-refractivity contribution in [1.82, 2.24) is 10.6 Å². The van der Waals surface area contributed by atoms with E-state index in [1.54, 1.807) is 0 Å². The van der Waals surface area contributed by atoms with E-state index in [1.165, 1.54) is 34.0 Å². The minimum Gasteiger partial charge on any atom is -0.303 e. The highest BCUT2D eigenvalue weighted by atomic mass is 32.2. The molecule has 2 aliphatic rings. The van der Waals surface area contributed by atoms with E-state index in [4.69, 9.17) is 0 Å². The van der Waals surface area contributed by atoms with Crippen molar-refractivity contribution in [2.75, 3.05) is 5.75 Å². The quantitative estimate of drug-likeness (QED) is 0.748. The molecule has 0 aromatic heterocycles. The zero-order valence-corrected chi connectivity index (χ0v) is 17.8. The zero-order valence-electron chi connectivity index (χ0n) is 17.0. The number of hydrogen-bond donors (Lipinski definition) is 2. The molecule has 0 radical (unpaired) electrons. The lowest BCUT2D eigenvalue weighted by atomic mass is 9.81. The van der Waals surface area contributed by atoms with Gasteiger partial charge in [-0.15, -0.1) is 5.10 Å². The van der Waals surface area contributed by atoms with Crippen LogP contribution in [-0.2, 0) is 4.79 Å². The molecular formula is C23H26N4OS. The summed E-state index contributed by atoms with van der Waals surface area (Å²) < 4.78 is 0. The molecule has 29 heavy (non-hydrogen) atoms. The van der Waals surface area contributed by atoms with Crippen molar-refractivity contribution in [3.63, 3.8) is 0 Å². The van der Waals surface area contributed by atoms with Gasteiger partial charge in [-0.25, -0.2) is 0 Å². The van der Waals surface area contributed by atoms with Gasteiger partial charge in [0.05, 0.1) is 5.75 Å². The molecule has 150 valence electrons. The largest absolute Gasteiger partial charge is 0.303 e. The summed E-state index contributed by atoms with van der Waals surface area (Å²) in [7, 11) is 0. The van der Waals surface area contributed by atoms with Crippen LogP contribution in [0.5, 0.6) is 0 Å². The molecule has 0 aliphatic carbocycles. The maximum Gasteiger partial charge on any atom is 0.236 e. The van der Waals surface area contributed by atoms with Crippen LogP contribution in [0.15, 0.2) is 58.7 Å². The van der Waals surface area contributed by atoms with Crippen molar-refractivity contribution in [2.24, 2.45) is 16.1 Å². The average Bonchev–Trinajstić information content (AvgIpc) is 3.14. The number of nitrogens with zero attached hydrogens (tertiary/aromatic N) is 2. The monoisotopic (exact) mass is 406 g/mol. The number of carbonyl (C=O) groups is 1. The summed E-state index contributed by atoms with van der Waals surface area (Å²) in [5.74, 6) is 0.604. The first-order chi connectivity index (χ1) is 14.0. The summed E-state index contributed by atoms with van der Waals surface area (Å²) in [6, 6.07) is 17.7. The molecule has 3 unspecified atom stereocenters. The van der Waals surface area contributed by atoms with Crippen LogP contribution in [-0.4, -0.2) is 22.5 Å². The highest BCUT2D eigenvalue weighted by Gasteiger charge is 2.33. The van der Waals surface area contributed by atoms with Gasteiger partial charge in [0.2, 0.25) is 5.91 Å². The number of benzene rings is 2. The number of amides is 1. The fourth-order valence-electron chi connectivity index (χ4n) is 3.80. The van der Waals surface area contributed by atoms with Crippen molar-refractivity contribution in [2.45, 2.75) is 39.3 Å². The lowest BCUT2D eigenvalue weighted by molar-refractivity contribution is -0.116. The molecule has 2 N–H and O–H groups in total. The summed E-state index contributed by atoms with van der Waals surface area (Å²) in [5.41, 5.74) is 6.06. The zero-order chi connectivity index (χ0) is 20.4. The van der Waals surface area contributed by atoms with Crippen molar-refractivity contribution in [3.05, 3.63) is 70.8 Å². The summed E-state index contributed by atoms with van der Waals surface area (Å²) >= 11 is 1.40. The normalized spacial score (nSPS) is 27.4. The Bertz CT molecular complexity index is 950. The summed E-state index contributed by atoms with van der Waals surface area (Å²) in [5, 5.41) is 16.1. The van der Waals surface area contributed by atoms with E-state index in [-0.39, 0.29) is 23.9 Å². The SMILES string of the molecule is Cc1ccc(C2C/C(=N\N=C3/NC(=O)CS3)C(C)C(c3ccc(C)cc3)N2)cc1. The highest BCUT2D eigenvalue weighted by Crippen LogP contribution is 2.35. The average molecular weight is 407 g/mol. The Kier molecular flexibility index (Phi) is 5.83. The Labute approximate surface area is 176 Å². The molecule has 2 fully saturated rings. The molecule has 0 bridgehead atoms. The predicted octanol–water partition coefficient (Wildman–Crippen LogP) is 4.29. The number of rotatable bonds is 3. The van der Waals surface area contributed by atoms with Gasteiger partial charge < -0.3 is 10.6 Å². The first-order valence-electron chi connectivity index (χ1n) is 9.96. The van der Waals surface area contributed by atoms with Crippen molar-refractivity contribution < 1.29 is 4.79 Å². The number of nitrogens with one attached hydrogen (secondary N) is 2. The van der Waals surface area contributed by atoms with Gasteiger partial charge >= 0.3 is 0 Å². The second-order valence-electron chi connectivity index (χ2n) is 7.84. The molecule has 2 heterocycles. The fourth-order valence-corrected chi connectivity index (χ4v) is 4.42. The van der Waals surface area contributed by atoms with E-state index in [2.05, 4.69) is 90.1 Å². The highest BCUT2D eigenvalue weighted by molar-refractivity contribution is 8.15. The Morgan fingerprint density at radius 3 is 2.14 bits per heavy atom. The first-order valence-corrected chi connectivity index (χ1v) is 10.9. The third-order valence-corrected chi connectivity index (χ3v) is 6.46. The Morgan fingerprint density at radius 1 is 0.931 bits per heavy atom. The van der Waals surface area contributed by atoms with Crippen LogP contribution in [0.25, 0.3) is 0 Å². The van der Waals surface area contributed by atoms with Crippen LogP contribution in [0.3, 0.4) is 0 Å². The maximum absolute atomic E-state index is 11.4. The van der Waals surface area contributed by atoms with E-state index in [0.29, 0.717) is 10.9 Å². The molecule has 2 saturated heterocycles. The molecular weight excluding hydrogens is 380 g/mol. The van der Waals surface area contributed by atoms with Crippen LogP contribution >= 0.6 is 11.8 Å². The molecule has 5 nitrogen and oxygen atoms in total. The van der Waals surface area contributed by atoms with Gasteiger partial charge in [0.1, 0.15) is 0 Å². The molecule has 6 heteroatoms. The summed E-state index contributed by atoms with van der Waals surface area (Å²) in [6.45, 7) is 6.40. The molecule has 2 aromatic carbocycles. The predicted molar refractivity (Wildman–Crippen MR) is 120 cm³/mol. The number of amidine groups is 1. The van der Waals surface area contributed by atoms with Gasteiger partial charge in [0.15, 0.2) is 5.17 Å². The van der Waals surface area contributed by atoms with Gasteiger partial charge in [0.25, 0.3) is 0 Å². The second kappa shape index (κ2) is 8.51. The lowest BCUT2D eigenvalue weighted by Crippen LogP contribution is -2.41. The van der Waals surface area contributed by atoms with E-state index < -0.39 is 0 Å². The second-order valence-corrected chi connectivity index (χ2v) is 8.81. The van der Waals surface area contributed by atoms with Gasteiger partial charge in [-0.05, 0) is 25.0 Å². The third-order valence-electron chi connectivity index (χ3n) is 5.59. The van der Waals surface area contributed by atoms with Crippen LogP contribution in [0.2, 0.25) is 0 Å². The summed E-state index contributed by atoms with van der Waals surface area (Å²) in [6.07, 6.45) is 0.794. The molecule has 1 amide bonds. The molecule has 4 rings (SSSR count). The smallest absolute Gasteiger partial charge is 0.236 e. The van der Waals surface area contributed by atoms with Crippen molar-refractivity contribution in [1.29, 1.82) is 0 Å².